The number of nitrogens with one attached hydrogen (secondary N) is 1. The summed E-state index contributed by atoms with van der Waals surface area (Å²) in [4.78, 5) is 0. The van der Waals surface area contributed by atoms with Crippen molar-refractivity contribution in [3.63, 3.8) is 0 Å². The fourth-order valence-electron chi connectivity index (χ4n) is 3.15. The second kappa shape index (κ2) is 7.92. The molecule has 130 valence electrons. The van der Waals surface area contributed by atoms with Gasteiger partial charge in [-0.1, -0.05) is 36.8 Å². The predicted molar refractivity (Wildman–Crippen MR) is 93.4 cm³/mol. The van der Waals surface area contributed by atoms with Crippen LogP contribution in [0.25, 0.3) is 0 Å². The van der Waals surface area contributed by atoms with Crippen molar-refractivity contribution in [3.05, 3.63) is 54.4 Å². The van der Waals surface area contributed by atoms with Crippen LogP contribution in [0.4, 0.5) is 0 Å². The Morgan fingerprint density at radius 1 is 1.17 bits per heavy atom. The number of nitrogens with zero attached hydrogens (tertiary/aromatic N) is 3. The highest BCUT2D eigenvalue weighted by Gasteiger charge is 2.31. The van der Waals surface area contributed by atoms with Gasteiger partial charge in [-0.05, 0) is 30.9 Å². The Kier molecular flexibility index (Phi) is 5.65. The largest absolute Gasteiger partial charge is 0.280 e. The first kappa shape index (κ1) is 17.1. The van der Waals surface area contributed by atoms with Crippen LogP contribution in [0, 0.1) is 0 Å². The molecule has 24 heavy (non-hydrogen) atoms. The fourth-order valence-corrected chi connectivity index (χ4v) is 4.63. The minimum Gasteiger partial charge on any atom is -0.273 e. The lowest BCUT2D eigenvalue weighted by molar-refractivity contribution is 0.229. The maximum atomic E-state index is 12.7. The Bertz CT molecular complexity index is 716. The summed E-state index contributed by atoms with van der Waals surface area (Å²) >= 11 is 0. The van der Waals surface area contributed by atoms with Crippen LogP contribution in [0.3, 0.4) is 0 Å². The zero-order valence-electron chi connectivity index (χ0n) is 13.7. The highest BCUT2D eigenvalue weighted by Crippen LogP contribution is 2.23. The molecule has 0 aliphatic carbocycles. The molecule has 0 amide bonds. The normalized spacial score (nSPS) is 19.4. The summed E-state index contributed by atoms with van der Waals surface area (Å²) in [6, 6.07) is 11.5. The van der Waals surface area contributed by atoms with Crippen molar-refractivity contribution in [1.29, 1.82) is 0 Å². The highest BCUT2D eigenvalue weighted by molar-refractivity contribution is 7.87. The second-order valence-electron chi connectivity index (χ2n) is 6.13. The molecule has 1 saturated heterocycles. The first-order valence-electron chi connectivity index (χ1n) is 8.43. The standard InChI is InChI=1S/C17H24N4O2S/c22-24(23,19-15-16-7-2-1-3-8-16)21-13-5-4-9-17(21)10-14-20-12-6-11-18-20/h1-3,6-8,11-12,17,19H,4-5,9-10,13-15H2. The fraction of sp³-hybridized carbons (Fsp3) is 0.471. The van der Waals surface area contributed by atoms with E-state index >= 15 is 0 Å². The van der Waals surface area contributed by atoms with Gasteiger partial charge >= 0.3 is 0 Å². The van der Waals surface area contributed by atoms with Gasteiger partial charge < -0.3 is 0 Å². The maximum Gasteiger partial charge on any atom is 0.280 e. The zero-order chi connectivity index (χ0) is 16.8. The summed E-state index contributed by atoms with van der Waals surface area (Å²) < 4.78 is 31.7. The monoisotopic (exact) mass is 348 g/mol. The Labute approximate surface area is 143 Å². The molecule has 1 atom stereocenters. The Morgan fingerprint density at radius 3 is 2.75 bits per heavy atom. The van der Waals surface area contributed by atoms with Gasteiger partial charge in [0, 0.05) is 38.1 Å². The highest BCUT2D eigenvalue weighted by atomic mass is 32.2. The van der Waals surface area contributed by atoms with Gasteiger partial charge in [-0.15, -0.1) is 0 Å². The van der Waals surface area contributed by atoms with Crippen molar-refractivity contribution >= 4 is 10.2 Å². The molecule has 1 unspecified atom stereocenters. The molecular weight excluding hydrogens is 324 g/mol. The third-order valence-corrected chi connectivity index (χ3v) is 6.04. The topological polar surface area (TPSA) is 67.2 Å². The van der Waals surface area contributed by atoms with E-state index in [1.54, 1.807) is 10.5 Å². The molecule has 1 aromatic carbocycles. The van der Waals surface area contributed by atoms with Gasteiger partial charge in [-0.3, -0.25) is 4.68 Å². The number of hydrogen-bond donors (Lipinski definition) is 1. The van der Waals surface area contributed by atoms with Crippen LogP contribution in [0.1, 0.15) is 31.2 Å². The third-order valence-electron chi connectivity index (χ3n) is 4.43. The lowest BCUT2D eigenvalue weighted by Crippen LogP contribution is -2.49. The molecule has 0 bridgehead atoms. The number of aromatic nitrogens is 2. The Morgan fingerprint density at radius 2 is 2.00 bits per heavy atom. The molecular formula is C17H24N4O2S. The molecule has 2 aromatic rings. The van der Waals surface area contributed by atoms with E-state index in [0.717, 1.165) is 37.8 Å². The van der Waals surface area contributed by atoms with E-state index in [2.05, 4.69) is 9.82 Å². The van der Waals surface area contributed by atoms with Crippen molar-refractivity contribution in [3.8, 4) is 0 Å². The summed E-state index contributed by atoms with van der Waals surface area (Å²) in [6.45, 7) is 1.65. The summed E-state index contributed by atoms with van der Waals surface area (Å²) in [5.74, 6) is 0. The first-order valence-corrected chi connectivity index (χ1v) is 9.87. The lowest BCUT2D eigenvalue weighted by atomic mass is 10.0. The van der Waals surface area contributed by atoms with Gasteiger partial charge in [0.2, 0.25) is 0 Å². The van der Waals surface area contributed by atoms with Crippen LogP contribution in [-0.4, -0.2) is 35.1 Å². The van der Waals surface area contributed by atoms with Crippen LogP contribution in [0.5, 0.6) is 0 Å². The predicted octanol–water partition coefficient (Wildman–Crippen LogP) is 2.16. The van der Waals surface area contributed by atoms with Crippen molar-refractivity contribution in [2.24, 2.45) is 0 Å². The number of piperidine rings is 1. The van der Waals surface area contributed by atoms with Gasteiger partial charge in [-0.2, -0.15) is 22.5 Å². The van der Waals surface area contributed by atoms with Crippen molar-refractivity contribution in [2.75, 3.05) is 6.54 Å². The molecule has 3 rings (SSSR count). The van der Waals surface area contributed by atoms with Crippen LogP contribution < -0.4 is 4.72 Å². The van der Waals surface area contributed by atoms with Crippen LogP contribution in [-0.2, 0) is 23.3 Å². The number of hydrogen-bond acceptors (Lipinski definition) is 3. The zero-order valence-corrected chi connectivity index (χ0v) is 14.5. The van der Waals surface area contributed by atoms with E-state index in [4.69, 9.17) is 0 Å². The van der Waals surface area contributed by atoms with E-state index in [1.165, 1.54) is 0 Å². The molecule has 1 N–H and O–H groups in total. The van der Waals surface area contributed by atoms with Crippen LogP contribution in [0.2, 0.25) is 0 Å². The van der Waals surface area contributed by atoms with Gasteiger partial charge in [0.05, 0.1) is 0 Å². The van der Waals surface area contributed by atoms with E-state index < -0.39 is 10.2 Å². The van der Waals surface area contributed by atoms with E-state index in [9.17, 15) is 8.42 Å². The number of aryl methyl sites for hydroxylation is 1. The molecule has 1 aromatic heterocycles. The van der Waals surface area contributed by atoms with Gasteiger partial charge in [0.25, 0.3) is 10.2 Å². The molecule has 6 nitrogen and oxygen atoms in total. The summed E-state index contributed by atoms with van der Waals surface area (Å²) in [7, 11) is -3.47. The number of rotatable bonds is 7. The summed E-state index contributed by atoms with van der Waals surface area (Å²) in [6.07, 6.45) is 7.35. The smallest absolute Gasteiger partial charge is 0.273 e. The molecule has 0 radical (unpaired) electrons. The quantitative estimate of drug-likeness (QED) is 0.834. The molecule has 1 fully saturated rings. The second-order valence-corrected chi connectivity index (χ2v) is 7.84. The molecule has 1 aliphatic heterocycles. The van der Waals surface area contributed by atoms with Gasteiger partial charge in [0.15, 0.2) is 0 Å². The third kappa shape index (κ3) is 4.43. The minimum atomic E-state index is -3.47. The van der Waals surface area contributed by atoms with Gasteiger partial charge in [0.1, 0.15) is 0 Å². The average molecular weight is 348 g/mol. The number of benzene rings is 1. The first-order chi connectivity index (χ1) is 11.6. The van der Waals surface area contributed by atoms with Crippen LogP contribution in [0.15, 0.2) is 48.8 Å². The summed E-state index contributed by atoms with van der Waals surface area (Å²) in [5.41, 5.74) is 0.964. The van der Waals surface area contributed by atoms with Crippen molar-refractivity contribution < 1.29 is 8.42 Å². The maximum absolute atomic E-state index is 12.7. The summed E-state index contributed by atoms with van der Waals surface area (Å²) in [5, 5.41) is 4.20. The van der Waals surface area contributed by atoms with E-state index in [-0.39, 0.29) is 6.04 Å². The van der Waals surface area contributed by atoms with Crippen LogP contribution >= 0.6 is 0 Å². The Balaban J connectivity index is 1.62. The van der Waals surface area contributed by atoms with Gasteiger partial charge in [-0.25, -0.2) is 0 Å². The molecule has 7 heteroatoms. The molecule has 2 heterocycles. The Hall–Kier alpha value is -1.70. The van der Waals surface area contributed by atoms with E-state index in [0.29, 0.717) is 13.1 Å². The SMILES string of the molecule is O=S(=O)(NCc1ccccc1)N1CCCCC1CCn1cccn1. The lowest BCUT2D eigenvalue weighted by Gasteiger charge is -2.34. The molecule has 0 saturated carbocycles. The van der Waals surface area contributed by atoms with Crippen molar-refractivity contribution in [2.45, 2.75) is 44.8 Å². The molecule has 1 aliphatic rings. The van der Waals surface area contributed by atoms with E-state index in [1.807, 2.05) is 47.3 Å². The minimum absolute atomic E-state index is 0.0382. The average Bonchev–Trinajstić information content (AvgIpc) is 3.13. The van der Waals surface area contributed by atoms with Crippen molar-refractivity contribution in [1.82, 2.24) is 18.8 Å². The molecule has 0 spiro atoms.